The second-order valence-electron chi connectivity index (χ2n) is 7.71. The van der Waals surface area contributed by atoms with Crippen LogP contribution in [0.25, 0.3) is 0 Å². The Morgan fingerprint density at radius 2 is 1.96 bits per heavy atom. The molecule has 3 heterocycles. The molecule has 2 amide bonds. The van der Waals surface area contributed by atoms with E-state index in [0.717, 1.165) is 44.5 Å². The van der Waals surface area contributed by atoms with E-state index >= 15 is 0 Å². The van der Waals surface area contributed by atoms with E-state index in [0.29, 0.717) is 25.4 Å². The zero-order chi connectivity index (χ0) is 18.0. The van der Waals surface area contributed by atoms with E-state index in [1.165, 1.54) is 0 Å². The van der Waals surface area contributed by atoms with Crippen LogP contribution in [0, 0.1) is 11.3 Å². The summed E-state index contributed by atoms with van der Waals surface area (Å²) in [6.07, 6.45) is 3.20. The molecule has 0 spiro atoms. The number of furan rings is 1. The Morgan fingerprint density at radius 1 is 1.24 bits per heavy atom. The zero-order valence-electron chi connectivity index (χ0n) is 15.3. The van der Waals surface area contributed by atoms with E-state index in [1.807, 2.05) is 17.9 Å². The molecule has 2 aliphatic rings. The summed E-state index contributed by atoms with van der Waals surface area (Å²) < 4.78 is 5.56. The molecule has 25 heavy (non-hydrogen) atoms. The van der Waals surface area contributed by atoms with Gasteiger partial charge in [0.15, 0.2) is 5.76 Å². The fraction of sp³-hybridized carbons (Fsp3) is 0.684. The van der Waals surface area contributed by atoms with Gasteiger partial charge in [-0.1, -0.05) is 13.8 Å². The molecule has 0 radical (unpaired) electrons. The van der Waals surface area contributed by atoms with Crippen LogP contribution in [0.1, 0.15) is 49.4 Å². The summed E-state index contributed by atoms with van der Waals surface area (Å²) >= 11 is 0. The first-order chi connectivity index (χ1) is 12.0. The fourth-order valence-electron chi connectivity index (χ4n) is 3.80. The van der Waals surface area contributed by atoms with Crippen molar-refractivity contribution in [1.82, 2.24) is 9.80 Å². The Labute approximate surface area is 149 Å². The molecule has 1 aromatic heterocycles. The Bertz CT molecular complexity index is 634. The van der Waals surface area contributed by atoms with Crippen molar-refractivity contribution in [1.29, 1.82) is 0 Å². The molecule has 0 aromatic carbocycles. The highest BCUT2D eigenvalue weighted by molar-refractivity contribution is 5.91. The molecule has 3 rings (SSSR count). The lowest BCUT2D eigenvalue weighted by atomic mass is 9.90. The summed E-state index contributed by atoms with van der Waals surface area (Å²) in [6, 6.07) is 3.60. The van der Waals surface area contributed by atoms with Crippen LogP contribution >= 0.6 is 0 Å². The summed E-state index contributed by atoms with van der Waals surface area (Å²) in [5, 5.41) is 0. The second kappa shape index (κ2) is 7.20. The number of nitrogens with two attached hydrogens (primary N) is 1. The lowest BCUT2D eigenvalue weighted by molar-refractivity contribution is -0.136. The first kappa shape index (κ1) is 18.0. The van der Waals surface area contributed by atoms with Gasteiger partial charge in [0.25, 0.3) is 5.91 Å². The highest BCUT2D eigenvalue weighted by Crippen LogP contribution is 2.31. The van der Waals surface area contributed by atoms with Gasteiger partial charge in [-0.2, -0.15) is 0 Å². The van der Waals surface area contributed by atoms with E-state index < -0.39 is 0 Å². The number of nitrogens with zero attached hydrogens (tertiary/aromatic N) is 2. The minimum Gasteiger partial charge on any atom is -0.456 e. The van der Waals surface area contributed by atoms with E-state index in [1.54, 1.807) is 11.0 Å². The van der Waals surface area contributed by atoms with Crippen LogP contribution in [0.15, 0.2) is 16.5 Å². The molecule has 6 nitrogen and oxygen atoms in total. The summed E-state index contributed by atoms with van der Waals surface area (Å²) in [6.45, 7) is 7.55. The molecule has 6 heteroatoms. The van der Waals surface area contributed by atoms with Gasteiger partial charge in [-0.05, 0) is 43.4 Å². The highest BCUT2D eigenvalue weighted by Gasteiger charge is 2.38. The average molecular weight is 347 g/mol. The van der Waals surface area contributed by atoms with Gasteiger partial charge in [0.1, 0.15) is 5.76 Å². The second-order valence-corrected chi connectivity index (χ2v) is 7.71. The molecule has 0 bridgehead atoms. The average Bonchev–Trinajstić information content (AvgIpc) is 3.28. The fourth-order valence-corrected chi connectivity index (χ4v) is 3.80. The van der Waals surface area contributed by atoms with Gasteiger partial charge in [0.2, 0.25) is 5.91 Å². The van der Waals surface area contributed by atoms with Gasteiger partial charge in [0, 0.05) is 38.5 Å². The predicted molar refractivity (Wildman–Crippen MR) is 95.1 cm³/mol. The van der Waals surface area contributed by atoms with Crippen molar-refractivity contribution in [3.8, 4) is 0 Å². The zero-order valence-corrected chi connectivity index (χ0v) is 15.3. The number of rotatable bonds is 4. The quantitative estimate of drug-likeness (QED) is 0.902. The maximum atomic E-state index is 12.8. The SMILES string of the molecule is CCc1ccc(C(=O)N2CCC(C(=O)N3CCC(C)(CN)C3)CC2)o1. The lowest BCUT2D eigenvalue weighted by Crippen LogP contribution is -2.44. The van der Waals surface area contributed by atoms with Crippen LogP contribution in [-0.4, -0.2) is 54.3 Å². The maximum Gasteiger partial charge on any atom is 0.289 e. The summed E-state index contributed by atoms with van der Waals surface area (Å²) in [5.41, 5.74) is 5.89. The molecule has 2 fully saturated rings. The summed E-state index contributed by atoms with van der Waals surface area (Å²) in [7, 11) is 0. The van der Waals surface area contributed by atoms with Crippen molar-refractivity contribution in [2.45, 2.75) is 39.5 Å². The first-order valence-electron chi connectivity index (χ1n) is 9.32. The Morgan fingerprint density at radius 3 is 2.52 bits per heavy atom. The smallest absolute Gasteiger partial charge is 0.289 e. The topological polar surface area (TPSA) is 79.8 Å². The van der Waals surface area contributed by atoms with Crippen molar-refractivity contribution < 1.29 is 14.0 Å². The molecule has 2 saturated heterocycles. The van der Waals surface area contributed by atoms with E-state index in [4.69, 9.17) is 10.2 Å². The summed E-state index contributed by atoms with van der Waals surface area (Å²) in [5.74, 6) is 1.41. The normalized spacial score (nSPS) is 24.8. The van der Waals surface area contributed by atoms with Gasteiger partial charge in [-0.3, -0.25) is 9.59 Å². The number of hydrogen-bond donors (Lipinski definition) is 1. The molecule has 1 unspecified atom stereocenters. The molecule has 1 atom stereocenters. The standard InChI is InChI=1S/C19H29N3O3/c1-3-15-4-5-16(25-15)18(24)21-9-6-14(7-10-21)17(23)22-11-8-19(2,12-20)13-22/h4-5,14H,3,6-13,20H2,1-2H3. The molecule has 138 valence electrons. The predicted octanol–water partition coefficient (Wildman–Crippen LogP) is 1.89. The van der Waals surface area contributed by atoms with Crippen LogP contribution in [-0.2, 0) is 11.2 Å². The molecule has 2 aliphatic heterocycles. The van der Waals surface area contributed by atoms with E-state index in [9.17, 15) is 9.59 Å². The lowest BCUT2D eigenvalue weighted by Gasteiger charge is -2.33. The number of carbonyl (C=O) groups excluding carboxylic acids is 2. The van der Waals surface area contributed by atoms with Crippen LogP contribution in [0.2, 0.25) is 0 Å². The maximum absolute atomic E-state index is 12.8. The number of likely N-dealkylation sites (tertiary alicyclic amines) is 2. The van der Waals surface area contributed by atoms with E-state index in [2.05, 4.69) is 6.92 Å². The number of amides is 2. The largest absolute Gasteiger partial charge is 0.456 e. The minimum atomic E-state index is -0.0671. The molecule has 2 N–H and O–H groups in total. The third-order valence-corrected chi connectivity index (χ3v) is 5.71. The van der Waals surface area contributed by atoms with E-state index in [-0.39, 0.29) is 23.1 Å². The van der Waals surface area contributed by atoms with Crippen LogP contribution < -0.4 is 5.73 Å². The summed E-state index contributed by atoms with van der Waals surface area (Å²) in [4.78, 5) is 29.0. The van der Waals surface area contributed by atoms with Crippen molar-refractivity contribution in [3.63, 3.8) is 0 Å². The third kappa shape index (κ3) is 3.73. The Hall–Kier alpha value is -1.82. The van der Waals surface area contributed by atoms with Crippen molar-refractivity contribution in [3.05, 3.63) is 23.7 Å². The number of hydrogen-bond acceptors (Lipinski definition) is 4. The molecular weight excluding hydrogens is 318 g/mol. The van der Waals surface area contributed by atoms with Gasteiger partial charge in [-0.25, -0.2) is 0 Å². The minimum absolute atomic E-state index is 0.0204. The Kier molecular flexibility index (Phi) is 5.18. The third-order valence-electron chi connectivity index (χ3n) is 5.71. The van der Waals surface area contributed by atoms with Crippen molar-refractivity contribution in [2.24, 2.45) is 17.1 Å². The first-order valence-corrected chi connectivity index (χ1v) is 9.32. The monoisotopic (exact) mass is 347 g/mol. The molecule has 0 aliphatic carbocycles. The molecular formula is C19H29N3O3. The number of aryl methyl sites for hydroxylation is 1. The van der Waals surface area contributed by atoms with Gasteiger partial charge >= 0.3 is 0 Å². The highest BCUT2D eigenvalue weighted by atomic mass is 16.4. The van der Waals surface area contributed by atoms with Gasteiger partial charge in [0.05, 0.1) is 0 Å². The molecule has 0 saturated carbocycles. The number of piperidine rings is 1. The van der Waals surface area contributed by atoms with Crippen LogP contribution in [0.3, 0.4) is 0 Å². The van der Waals surface area contributed by atoms with Crippen LogP contribution in [0.4, 0.5) is 0 Å². The molecule has 1 aromatic rings. The van der Waals surface area contributed by atoms with Crippen molar-refractivity contribution >= 4 is 11.8 Å². The van der Waals surface area contributed by atoms with Crippen molar-refractivity contribution in [2.75, 3.05) is 32.7 Å². The number of carbonyl (C=O) groups is 2. The Balaban J connectivity index is 1.53. The van der Waals surface area contributed by atoms with Crippen LogP contribution in [0.5, 0.6) is 0 Å². The van der Waals surface area contributed by atoms with Gasteiger partial charge < -0.3 is 20.0 Å². The van der Waals surface area contributed by atoms with Gasteiger partial charge in [-0.15, -0.1) is 0 Å².